The van der Waals surface area contributed by atoms with Gasteiger partial charge in [-0.25, -0.2) is 18.1 Å². The van der Waals surface area contributed by atoms with Crippen LogP contribution >= 0.6 is 0 Å². The molecule has 2 aromatic rings. The average molecular weight is 295 g/mol. The quantitative estimate of drug-likeness (QED) is 0.767. The van der Waals surface area contributed by atoms with Gasteiger partial charge < -0.3 is 10.1 Å². The lowest BCUT2D eigenvalue weighted by Crippen LogP contribution is -2.25. The highest BCUT2D eigenvalue weighted by Crippen LogP contribution is 2.21. The molecular formula is C13H17N3O3S. The largest absolute Gasteiger partial charge is 0.392 e. The first-order valence-corrected chi connectivity index (χ1v) is 7.61. The number of aromatic amines is 1. The van der Waals surface area contributed by atoms with Gasteiger partial charge in [-0.05, 0) is 36.6 Å². The first-order chi connectivity index (χ1) is 9.44. The van der Waals surface area contributed by atoms with Crippen LogP contribution in [0, 0.1) is 13.8 Å². The van der Waals surface area contributed by atoms with Crippen LogP contribution in [-0.4, -0.2) is 23.5 Å². The standard InChI is InChI=1S/C13H17N3O3S/c1-9-5-11(8-17)6-12(10(9)2)20(18,19)16-7-13-14-3-4-15-13/h3-6,16-17H,7-8H2,1-2H3,(H,14,15). The molecule has 0 spiro atoms. The van der Waals surface area contributed by atoms with Gasteiger partial charge in [-0.15, -0.1) is 0 Å². The van der Waals surface area contributed by atoms with Crippen molar-refractivity contribution in [1.82, 2.24) is 14.7 Å². The number of sulfonamides is 1. The van der Waals surface area contributed by atoms with Crippen LogP contribution in [0.2, 0.25) is 0 Å². The minimum Gasteiger partial charge on any atom is -0.392 e. The Morgan fingerprint density at radius 2 is 2.10 bits per heavy atom. The summed E-state index contributed by atoms with van der Waals surface area (Å²) in [5.41, 5.74) is 2.08. The van der Waals surface area contributed by atoms with E-state index in [4.69, 9.17) is 0 Å². The molecule has 0 amide bonds. The smallest absolute Gasteiger partial charge is 0.241 e. The first kappa shape index (κ1) is 14.7. The molecule has 0 aliphatic carbocycles. The molecule has 108 valence electrons. The summed E-state index contributed by atoms with van der Waals surface area (Å²) in [5, 5.41) is 9.19. The topological polar surface area (TPSA) is 95.1 Å². The van der Waals surface area contributed by atoms with Crippen molar-refractivity contribution >= 4 is 10.0 Å². The summed E-state index contributed by atoms with van der Waals surface area (Å²) in [6.07, 6.45) is 3.19. The fraction of sp³-hybridized carbons (Fsp3) is 0.308. The van der Waals surface area contributed by atoms with E-state index < -0.39 is 10.0 Å². The Kier molecular flexibility index (Phi) is 4.22. The molecular weight excluding hydrogens is 278 g/mol. The Bertz CT molecular complexity index is 694. The van der Waals surface area contributed by atoms with E-state index >= 15 is 0 Å². The Morgan fingerprint density at radius 1 is 1.35 bits per heavy atom. The number of aromatic nitrogens is 2. The summed E-state index contributed by atoms with van der Waals surface area (Å²) < 4.78 is 27.2. The first-order valence-electron chi connectivity index (χ1n) is 6.13. The predicted octanol–water partition coefficient (Wildman–Crippen LogP) is 0.997. The second-order valence-corrected chi connectivity index (χ2v) is 6.29. The van der Waals surface area contributed by atoms with Gasteiger partial charge in [-0.1, -0.05) is 6.07 Å². The van der Waals surface area contributed by atoms with Crippen molar-refractivity contribution in [2.24, 2.45) is 0 Å². The Morgan fingerprint density at radius 3 is 2.70 bits per heavy atom. The van der Waals surface area contributed by atoms with Crippen LogP contribution in [0.1, 0.15) is 22.5 Å². The lowest BCUT2D eigenvalue weighted by molar-refractivity contribution is 0.281. The Labute approximate surface area is 117 Å². The van der Waals surface area contributed by atoms with Gasteiger partial charge in [0.25, 0.3) is 0 Å². The maximum absolute atomic E-state index is 12.3. The molecule has 0 unspecified atom stereocenters. The average Bonchev–Trinajstić information content (AvgIpc) is 2.92. The van der Waals surface area contributed by atoms with E-state index in [1.54, 1.807) is 25.4 Å². The summed E-state index contributed by atoms with van der Waals surface area (Å²) >= 11 is 0. The van der Waals surface area contributed by atoms with Crippen molar-refractivity contribution in [3.63, 3.8) is 0 Å². The monoisotopic (exact) mass is 295 g/mol. The van der Waals surface area contributed by atoms with Crippen LogP contribution in [0.5, 0.6) is 0 Å². The molecule has 0 aliphatic heterocycles. The van der Waals surface area contributed by atoms with Gasteiger partial charge >= 0.3 is 0 Å². The van der Waals surface area contributed by atoms with Gasteiger partial charge in [0.05, 0.1) is 18.0 Å². The van der Waals surface area contributed by atoms with Gasteiger partial charge in [-0.3, -0.25) is 0 Å². The number of imidazole rings is 1. The predicted molar refractivity (Wildman–Crippen MR) is 74.5 cm³/mol. The summed E-state index contributed by atoms with van der Waals surface area (Å²) in [4.78, 5) is 6.98. The highest BCUT2D eigenvalue weighted by atomic mass is 32.2. The SMILES string of the molecule is Cc1cc(CO)cc(S(=O)(=O)NCc2ncc[nH]2)c1C. The second kappa shape index (κ2) is 5.74. The molecule has 20 heavy (non-hydrogen) atoms. The van der Waals surface area contributed by atoms with E-state index in [1.165, 1.54) is 6.07 Å². The van der Waals surface area contributed by atoms with Crippen molar-refractivity contribution in [2.75, 3.05) is 0 Å². The van der Waals surface area contributed by atoms with Gasteiger partial charge in [-0.2, -0.15) is 0 Å². The molecule has 0 saturated carbocycles. The fourth-order valence-electron chi connectivity index (χ4n) is 1.91. The summed E-state index contributed by atoms with van der Waals surface area (Å²) in [5.74, 6) is 0.543. The molecule has 1 aromatic carbocycles. The van der Waals surface area contributed by atoms with Crippen LogP contribution in [0.25, 0.3) is 0 Å². The minimum atomic E-state index is -3.64. The molecule has 1 aromatic heterocycles. The second-order valence-electron chi connectivity index (χ2n) is 4.55. The lowest BCUT2D eigenvalue weighted by Gasteiger charge is -2.12. The number of aryl methyl sites for hydroxylation is 1. The van der Waals surface area contributed by atoms with E-state index in [9.17, 15) is 13.5 Å². The number of aliphatic hydroxyl groups excluding tert-OH is 1. The summed E-state index contributed by atoms with van der Waals surface area (Å²) in [6.45, 7) is 3.47. The number of benzene rings is 1. The van der Waals surface area contributed by atoms with Gasteiger partial charge in [0.2, 0.25) is 10.0 Å². The molecule has 1 heterocycles. The zero-order valence-corrected chi connectivity index (χ0v) is 12.2. The van der Waals surface area contributed by atoms with Crippen LogP contribution < -0.4 is 4.72 Å². The van der Waals surface area contributed by atoms with E-state index in [2.05, 4.69) is 14.7 Å². The molecule has 0 saturated heterocycles. The third kappa shape index (κ3) is 3.06. The molecule has 0 radical (unpaired) electrons. The minimum absolute atomic E-state index is 0.0944. The summed E-state index contributed by atoms with van der Waals surface area (Å²) in [6, 6.07) is 3.27. The molecule has 0 bridgehead atoms. The lowest BCUT2D eigenvalue weighted by atomic mass is 10.1. The molecule has 2 rings (SSSR count). The van der Waals surface area contributed by atoms with Crippen molar-refractivity contribution in [1.29, 1.82) is 0 Å². The molecule has 6 nitrogen and oxygen atoms in total. The fourth-order valence-corrected chi connectivity index (χ4v) is 3.26. The third-order valence-electron chi connectivity index (χ3n) is 3.14. The molecule has 0 fully saturated rings. The van der Waals surface area contributed by atoms with Crippen molar-refractivity contribution in [3.05, 3.63) is 47.0 Å². The van der Waals surface area contributed by atoms with Crippen molar-refractivity contribution in [3.8, 4) is 0 Å². The maximum atomic E-state index is 12.3. The van der Waals surface area contributed by atoms with E-state index in [0.717, 1.165) is 5.56 Å². The van der Waals surface area contributed by atoms with Crippen LogP contribution in [0.15, 0.2) is 29.4 Å². The van der Waals surface area contributed by atoms with E-state index in [1.807, 2.05) is 6.92 Å². The molecule has 3 N–H and O–H groups in total. The van der Waals surface area contributed by atoms with E-state index in [-0.39, 0.29) is 18.0 Å². The highest BCUT2D eigenvalue weighted by Gasteiger charge is 2.19. The molecule has 0 aliphatic rings. The normalized spacial score (nSPS) is 11.8. The highest BCUT2D eigenvalue weighted by molar-refractivity contribution is 7.89. The number of hydrogen-bond acceptors (Lipinski definition) is 4. The van der Waals surface area contributed by atoms with E-state index in [0.29, 0.717) is 17.0 Å². The maximum Gasteiger partial charge on any atom is 0.241 e. The summed E-state index contributed by atoms with van der Waals surface area (Å²) in [7, 11) is -3.64. The van der Waals surface area contributed by atoms with Gasteiger partial charge in [0.15, 0.2) is 0 Å². The third-order valence-corrected chi connectivity index (χ3v) is 4.66. The van der Waals surface area contributed by atoms with Crippen molar-refractivity contribution in [2.45, 2.75) is 31.9 Å². The van der Waals surface area contributed by atoms with Gasteiger partial charge in [0.1, 0.15) is 5.82 Å². The van der Waals surface area contributed by atoms with Crippen LogP contribution in [0.4, 0.5) is 0 Å². The van der Waals surface area contributed by atoms with Gasteiger partial charge in [0, 0.05) is 12.4 Å². The Balaban J connectivity index is 2.31. The zero-order chi connectivity index (χ0) is 14.8. The number of nitrogens with one attached hydrogen (secondary N) is 2. The number of rotatable bonds is 5. The molecule has 7 heteroatoms. The number of H-pyrrole nitrogens is 1. The van der Waals surface area contributed by atoms with Crippen LogP contribution in [-0.2, 0) is 23.2 Å². The zero-order valence-electron chi connectivity index (χ0n) is 11.3. The van der Waals surface area contributed by atoms with Crippen LogP contribution in [0.3, 0.4) is 0 Å². The number of hydrogen-bond donors (Lipinski definition) is 3. The Hall–Kier alpha value is -1.70. The van der Waals surface area contributed by atoms with Crippen molar-refractivity contribution < 1.29 is 13.5 Å². The number of nitrogens with zero attached hydrogens (tertiary/aromatic N) is 1. The molecule has 0 atom stereocenters. The number of aliphatic hydroxyl groups is 1.